The molecule has 41 heavy (non-hydrogen) atoms. The molecule has 210 valence electrons. The maximum absolute atomic E-state index is 13.0. The van der Waals surface area contributed by atoms with Crippen LogP contribution in [0.5, 0.6) is 0 Å². The number of carbonyl (C=O) groups excluding carboxylic acids is 1. The number of fused-ring (bicyclic) bond motifs is 4. The standard InChI is InChI=1S/C34H36N4O3/c1-41-22-23-10-11-30-31(34(35)40)20-33(39)38(32(30)18-23)17-16-37-14-12-26(13-15-37)36-21-25-19-24-6-2-3-7-27(24)29-9-5-4-8-28(25)29/h2-11,18-20,26,36H,12-17,21-22H2,1H3,(H2,35,40). The van der Waals surface area contributed by atoms with Gasteiger partial charge in [0.15, 0.2) is 0 Å². The van der Waals surface area contributed by atoms with Crippen LogP contribution < -0.4 is 16.6 Å². The fourth-order valence-corrected chi connectivity index (χ4v) is 6.25. The predicted octanol–water partition coefficient (Wildman–Crippen LogP) is 4.81. The zero-order valence-corrected chi connectivity index (χ0v) is 23.4. The maximum atomic E-state index is 13.0. The van der Waals surface area contributed by atoms with Gasteiger partial charge in [-0.25, -0.2) is 0 Å². The Bertz CT molecular complexity index is 1790. The number of aromatic nitrogens is 1. The number of methoxy groups -OCH3 is 1. The van der Waals surface area contributed by atoms with Gasteiger partial charge in [0.05, 0.1) is 17.7 Å². The zero-order chi connectivity index (χ0) is 28.3. The topological polar surface area (TPSA) is 89.6 Å². The Balaban J connectivity index is 1.11. The largest absolute Gasteiger partial charge is 0.380 e. The van der Waals surface area contributed by atoms with E-state index in [-0.39, 0.29) is 11.1 Å². The Morgan fingerprint density at radius 1 is 0.902 bits per heavy atom. The SMILES string of the molecule is COCc1ccc2c(C(N)=O)cc(=O)n(CCN3CCC(NCc4cc5ccccc5c5ccccc45)CC3)c2c1. The minimum Gasteiger partial charge on any atom is -0.380 e. The molecule has 1 fully saturated rings. The second kappa shape index (κ2) is 11.8. The molecule has 7 heteroatoms. The number of hydrogen-bond acceptors (Lipinski definition) is 5. The Labute approximate surface area is 239 Å². The van der Waals surface area contributed by atoms with Gasteiger partial charge in [-0.05, 0) is 70.7 Å². The number of likely N-dealkylation sites (tertiary alicyclic amines) is 1. The smallest absolute Gasteiger partial charge is 0.251 e. The van der Waals surface area contributed by atoms with Gasteiger partial charge in [0.2, 0.25) is 5.91 Å². The van der Waals surface area contributed by atoms with Crippen molar-refractivity contribution in [2.45, 2.75) is 38.6 Å². The van der Waals surface area contributed by atoms with Crippen LogP contribution in [0.1, 0.15) is 34.3 Å². The summed E-state index contributed by atoms with van der Waals surface area (Å²) in [7, 11) is 1.64. The van der Waals surface area contributed by atoms with Crippen molar-refractivity contribution in [2.24, 2.45) is 5.73 Å². The minimum atomic E-state index is -0.593. The van der Waals surface area contributed by atoms with Gasteiger partial charge in [-0.1, -0.05) is 60.7 Å². The number of rotatable bonds is 9. The minimum absolute atomic E-state index is 0.208. The predicted molar refractivity (Wildman–Crippen MR) is 165 cm³/mol. The van der Waals surface area contributed by atoms with Crippen LogP contribution in [0, 0.1) is 0 Å². The van der Waals surface area contributed by atoms with Gasteiger partial charge in [-0.3, -0.25) is 9.59 Å². The first-order valence-corrected chi connectivity index (χ1v) is 14.3. The third-order valence-electron chi connectivity index (χ3n) is 8.42. The average molecular weight is 549 g/mol. The van der Waals surface area contributed by atoms with Crippen LogP contribution in [0.25, 0.3) is 32.4 Å². The molecule has 0 unspecified atom stereocenters. The van der Waals surface area contributed by atoms with Crippen molar-refractivity contribution < 1.29 is 9.53 Å². The second-order valence-electron chi connectivity index (χ2n) is 11.0. The van der Waals surface area contributed by atoms with Crippen molar-refractivity contribution in [1.82, 2.24) is 14.8 Å². The number of benzene rings is 4. The number of carbonyl (C=O) groups is 1. The number of nitrogens with two attached hydrogens (primary N) is 1. The number of ether oxygens (including phenoxy) is 1. The van der Waals surface area contributed by atoms with E-state index in [2.05, 4.69) is 64.8 Å². The third-order valence-corrected chi connectivity index (χ3v) is 8.42. The highest BCUT2D eigenvalue weighted by atomic mass is 16.5. The molecule has 1 aromatic heterocycles. The molecule has 0 atom stereocenters. The summed E-state index contributed by atoms with van der Waals surface area (Å²) in [5, 5.41) is 9.70. The molecule has 1 amide bonds. The third kappa shape index (κ3) is 5.61. The monoisotopic (exact) mass is 548 g/mol. The first-order valence-electron chi connectivity index (χ1n) is 14.3. The van der Waals surface area contributed by atoms with E-state index in [1.54, 1.807) is 11.7 Å². The van der Waals surface area contributed by atoms with E-state index in [0.29, 0.717) is 24.6 Å². The van der Waals surface area contributed by atoms with Crippen molar-refractivity contribution in [1.29, 1.82) is 0 Å². The van der Waals surface area contributed by atoms with E-state index in [4.69, 9.17) is 10.5 Å². The first-order chi connectivity index (χ1) is 20.0. The van der Waals surface area contributed by atoms with E-state index in [1.807, 2.05) is 18.2 Å². The van der Waals surface area contributed by atoms with Crippen molar-refractivity contribution in [3.63, 3.8) is 0 Å². The summed E-state index contributed by atoms with van der Waals surface area (Å²) in [5.41, 5.74) is 8.64. The van der Waals surface area contributed by atoms with Crippen LogP contribution in [0.3, 0.4) is 0 Å². The normalized spacial score (nSPS) is 14.8. The van der Waals surface area contributed by atoms with Crippen LogP contribution in [-0.4, -0.2) is 48.2 Å². The molecule has 3 N–H and O–H groups in total. The molecule has 2 heterocycles. The summed E-state index contributed by atoms with van der Waals surface area (Å²) >= 11 is 0. The van der Waals surface area contributed by atoms with Crippen molar-refractivity contribution in [3.8, 4) is 0 Å². The van der Waals surface area contributed by atoms with Crippen LogP contribution in [0.15, 0.2) is 83.7 Å². The second-order valence-corrected chi connectivity index (χ2v) is 11.0. The quantitative estimate of drug-likeness (QED) is 0.258. The van der Waals surface area contributed by atoms with Crippen LogP contribution in [0.2, 0.25) is 0 Å². The molecule has 4 aromatic carbocycles. The van der Waals surface area contributed by atoms with Crippen molar-refractivity contribution in [3.05, 3.63) is 106 Å². The highest BCUT2D eigenvalue weighted by molar-refractivity contribution is 6.09. The summed E-state index contributed by atoms with van der Waals surface area (Å²) in [6, 6.07) is 27.1. The van der Waals surface area contributed by atoms with E-state index >= 15 is 0 Å². The van der Waals surface area contributed by atoms with Gasteiger partial charge in [-0.15, -0.1) is 0 Å². The van der Waals surface area contributed by atoms with E-state index in [9.17, 15) is 9.59 Å². The Hall–Kier alpha value is -4.04. The number of piperidine rings is 1. The molecule has 6 rings (SSSR count). The Morgan fingerprint density at radius 3 is 2.39 bits per heavy atom. The number of amides is 1. The molecule has 0 aliphatic carbocycles. The van der Waals surface area contributed by atoms with E-state index < -0.39 is 5.91 Å². The molecule has 5 aromatic rings. The van der Waals surface area contributed by atoms with E-state index in [0.717, 1.165) is 50.1 Å². The van der Waals surface area contributed by atoms with Crippen LogP contribution in [0.4, 0.5) is 0 Å². The number of nitrogens with one attached hydrogen (secondary N) is 1. The fourth-order valence-electron chi connectivity index (χ4n) is 6.25. The Kier molecular flexibility index (Phi) is 7.83. The number of pyridine rings is 1. The lowest BCUT2D eigenvalue weighted by Crippen LogP contribution is -2.43. The van der Waals surface area contributed by atoms with Crippen LogP contribution >= 0.6 is 0 Å². The number of nitrogens with zero attached hydrogens (tertiary/aromatic N) is 2. The van der Waals surface area contributed by atoms with E-state index in [1.165, 1.54) is 33.2 Å². The summed E-state index contributed by atoms with van der Waals surface area (Å²) in [6.45, 7) is 4.52. The number of primary amides is 1. The molecular formula is C34H36N4O3. The van der Waals surface area contributed by atoms with Gasteiger partial charge < -0.3 is 25.3 Å². The van der Waals surface area contributed by atoms with Crippen LogP contribution in [-0.2, 0) is 24.4 Å². The first kappa shape index (κ1) is 27.1. The average Bonchev–Trinajstić information content (AvgIpc) is 2.99. The van der Waals surface area contributed by atoms with Crippen molar-refractivity contribution >= 4 is 38.4 Å². The fraction of sp³-hybridized carbons (Fsp3) is 0.294. The Morgan fingerprint density at radius 2 is 1.63 bits per heavy atom. The summed E-state index contributed by atoms with van der Waals surface area (Å²) in [5.74, 6) is -0.593. The molecular weight excluding hydrogens is 512 g/mol. The molecule has 0 saturated carbocycles. The van der Waals surface area contributed by atoms with Gasteiger partial charge in [0, 0.05) is 44.2 Å². The molecule has 7 nitrogen and oxygen atoms in total. The molecule has 0 spiro atoms. The van der Waals surface area contributed by atoms with Gasteiger partial charge in [-0.2, -0.15) is 0 Å². The molecule has 0 bridgehead atoms. The highest BCUT2D eigenvalue weighted by Crippen LogP contribution is 2.29. The van der Waals surface area contributed by atoms with Crippen molar-refractivity contribution in [2.75, 3.05) is 26.7 Å². The van der Waals surface area contributed by atoms with Gasteiger partial charge in [0.1, 0.15) is 0 Å². The van der Waals surface area contributed by atoms with Gasteiger partial charge in [0.25, 0.3) is 5.56 Å². The van der Waals surface area contributed by atoms with Gasteiger partial charge >= 0.3 is 0 Å². The summed E-state index contributed by atoms with van der Waals surface area (Å²) in [4.78, 5) is 27.5. The lowest BCUT2D eigenvalue weighted by Gasteiger charge is -2.33. The highest BCUT2D eigenvalue weighted by Gasteiger charge is 2.20. The molecule has 1 aliphatic heterocycles. The summed E-state index contributed by atoms with van der Waals surface area (Å²) in [6.07, 6.45) is 2.11. The molecule has 1 aliphatic rings. The zero-order valence-electron chi connectivity index (χ0n) is 23.4. The lowest BCUT2D eigenvalue weighted by atomic mass is 9.96. The lowest BCUT2D eigenvalue weighted by molar-refractivity contribution is 0.100. The summed E-state index contributed by atoms with van der Waals surface area (Å²) < 4.78 is 7.04. The number of hydrogen-bond donors (Lipinski definition) is 2. The molecule has 1 saturated heterocycles. The maximum Gasteiger partial charge on any atom is 0.251 e. The molecule has 0 radical (unpaired) electrons.